The molecule has 0 rings (SSSR count). The normalized spacial score (nSPS) is 11.9. The van der Waals surface area contributed by atoms with Crippen LogP contribution >= 0.6 is 0 Å². The molecule has 3 N–H and O–H groups in total. The average Bonchev–Trinajstić information content (AvgIpc) is 1.30. The minimum absolute atomic E-state index is 0.377. The molecule has 0 aliphatic carbocycles. The molecular weight excluding hydrogens is 163 g/mol. The summed E-state index contributed by atoms with van der Waals surface area (Å²) >= 11 is -4.44. The number of aliphatic hydroxyl groups excluding tert-OH is 1. The van der Waals surface area contributed by atoms with Crippen LogP contribution in [0.1, 0.15) is 0 Å². The summed E-state index contributed by atoms with van der Waals surface area (Å²) in [7, 11) is 0. The third-order valence-corrected chi connectivity index (χ3v) is 2.03. The van der Waals surface area contributed by atoms with Crippen molar-refractivity contribution in [2.45, 2.75) is 5.21 Å². The van der Waals surface area contributed by atoms with Crippen molar-refractivity contribution in [1.82, 2.24) is 0 Å². The van der Waals surface area contributed by atoms with E-state index in [9.17, 15) is 3.74 Å². The molecule has 7 heavy (non-hydrogen) atoms. The Labute approximate surface area is 43.8 Å². The zero-order valence-corrected chi connectivity index (χ0v) is 5.49. The van der Waals surface area contributed by atoms with Gasteiger partial charge in [0.25, 0.3) is 0 Å². The topological polar surface area (TPSA) is 77.8 Å². The van der Waals surface area contributed by atoms with E-state index in [1.807, 2.05) is 0 Å². The van der Waals surface area contributed by atoms with Crippen molar-refractivity contribution in [2.24, 2.45) is 0 Å². The van der Waals surface area contributed by atoms with Crippen LogP contribution in [0.25, 0.3) is 0 Å². The molecule has 5 heteroatoms. The molecule has 4 nitrogen and oxygen atoms in total. The second-order valence-corrected chi connectivity index (χ2v) is 4.84. The van der Waals surface area contributed by atoms with Crippen LogP contribution in [-0.4, -0.2) is 34.1 Å². The second-order valence-electron chi connectivity index (χ2n) is 1.11. The van der Waals surface area contributed by atoms with Gasteiger partial charge in [-0.3, -0.25) is 0 Å². The summed E-state index contributed by atoms with van der Waals surface area (Å²) in [5.74, 6) is 0. The van der Waals surface area contributed by atoms with Gasteiger partial charge in [0.05, 0.1) is 0 Å². The molecule has 0 aliphatic heterocycles. The third kappa shape index (κ3) is 6.24. The fourth-order valence-corrected chi connectivity index (χ4v) is 0.677. The van der Waals surface area contributed by atoms with E-state index in [0.29, 0.717) is 0 Å². The Morgan fingerprint density at radius 2 is 1.86 bits per heavy atom. The Balaban J connectivity index is 3.36. The molecule has 0 fully saturated rings. The Kier molecular flexibility index (Phi) is 2.61. The van der Waals surface area contributed by atoms with Crippen molar-refractivity contribution in [3.8, 4) is 0 Å². The molecule has 0 unspecified atom stereocenters. The summed E-state index contributed by atoms with van der Waals surface area (Å²) in [6.07, 6.45) is 0. The van der Waals surface area contributed by atoms with Crippen LogP contribution in [0.15, 0.2) is 0 Å². The molecule has 0 heterocycles. The average molecular weight is 170 g/mol. The van der Waals surface area contributed by atoms with Crippen LogP contribution in [0.4, 0.5) is 0 Å². The van der Waals surface area contributed by atoms with E-state index in [-0.39, 0.29) is 5.21 Å². The number of aliphatic hydroxyl groups is 1. The van der Waals surface area contributed by atoms with Gasteiger partial charge in [0.15, 0.2) is 0 Å². The van der Waals surface area contributed by atoms with Gasteiger partial charge in [-0.25, -0.2) is 0 Å². The van der Waals surface area contributed by atoms with Crippen LogP contribution in [-0.2, 0) is 3.74 Å². The number of hydrogen-bond acceptors (Lipinski definition) is 2. The Bertz CT molecular complexity index is 83.7. The van der Waals surface area contributed by atoms with Crippen LogP contribution in [0, 0.1) is 0 Å². The summed E-state index contributed by atoms with van der Waals surface area (Å²) in [4.78, 5) is 0. The van der Waals surface area contributed by atoms with Crippen molar-refractivity contribution in [3.63, 3.8) is 0 Å². The van der Waals surface area contributed by atoms with Crippen LogP contribution in [0.5, 0.6) is 0 Å². The Hall–Kier alpha value is 0.238. The van der Waals surface area contributed by atoms with E-state index in [2.05, 4.69) is 0 Å². The molecule has 0 radical (unpaired) electrons. The van der Waals surface area contributed by atoms with Gasteiger partial charge in [-0.05, 0) is 0 Å². The molecule has 0 atom stereocenters. The molecular formula is C2H7AsO4. The zero-order chi connectivity index (χ0) is 5.91. The van der Waals surface area contributed by atoms with E-state index in [1.54, 1.807) is 0 Å². The molecule has 0 saturated carbocycles. The van der Waals surface area contributed by atoms with Crippen LogP contribution in [0.2, 0.25) is 5.21 Å². The second kappa shape index (κ2) is 2.52. The van der Waals surface area contributed by atoms with Gasteiger partial charge in [-0.1, -0.05) is 0 Å². The van der Waals surface area contributed by atoms with E-state index in [1.165, 1.54) is 0 Å². The van der Waals surface area contributed by atoms with E-state index in [0.717, 1.165) is 0 Å². The molecule has 0 aromatic rings. The molecule has 44 valence electrons. The standard InChI is InChI=1S/C2H7AsO4/c4-2-1-3(5,6)7/h4H,1-2H2,(H2,5,6,7). The summed E-state index contributed by atoms with van der Waals surface area (Å²) in [6, 6.07) is 0. The summed E-state index contributed by atoms with van der Waals surface area (Å²) < 4.78 is 25.9. The molecule has 0 spiro atoms. The summed E-state index contributed by atoms with van der Waals surface area (Å²) in [5.41, 5.74) is 0. The SMILES string of the molecule is O=[As](O)(O)CCO. The van der Waals surface area contributed by atoms with E-state index < -0.39 is 20.8 Å². The van der Waals surface area contributed by atoms with Crippen LogP contribution in [0.3, 0.4) is 0 Å². The van der Waals surface area contributed by atoms with Gasteiger partial charge in [0, 0.05) is 0 Å². The van der Waals surface area contributed by atoms with E-state index >= 15 is 0 Å². The first kappa shape index (κ1) is 7.24. The quantitative estimate of drug-likeness (QED) is 0.433. The fraction of sp³-hybridized carbons (Fsp3) is 1.00. The van der Waals surface area contributed by atoms with Crippen LogP contribution < -0.4 is 0 Å². The third-order valence-electron chi connectivity index (χ3n) is 0.391. The molecule has 0 aliphatic rings. The maximum atomic E-state index is 9.83. The molecule has 0 aromatic heterocycles. The van der Waals surface area contributed by atoms with Gasteiger partial charge in [-0.2, -0.15) is 0 Å². The molecule has 0 bridgehead atoms. The number of hydrogen-bond donors (Lipinski definition) is 3. The first-order valence-electron chi connectivity index (χ1n) is 1.72. The molecule has 0 saturated heterocycles. The first-order chi connectivity index (χ1) is 3.06. The molecule has 0 amide bonds. The molecule has 0 aromatic carbocycles. The monoisotopic (exact) mass is 170 g/mol. The predicted molar refractivity (Wildman–Crippen MR) is 22.8 cm³/mol. The van der Waals surface area contributed by atoms with Gasteiger partial charge in [0.2, 0.25) is 0 Å². The Morgan fingerprint density at radius 1 is 1.43 bits per heavy atom. The summed E-state index contributed by atoms with van der Waals surface area (Å²) in [6.45, 7) is -0.427. The van der Waals surface area contributed by atoms with Gasteiger partial charge in [-0.15, -0.1) is 0 Å². The van der Waals surface area contributed by atoms with Crippen molar-refractivity contribution in [1.29, 1.82) is 0 Å². The first-order valence-corrected chi connectivity index (χ1v) is 5.49. The Morgan fingerprint density at radius 3 is 1.86 bits per heavy atom. The van der Waals surface area contributed by atoms with Gasteiger partial charge >= 0.3 is 43.0 Å². The van der Waals surface area contributed by atoms with E-state index in [4.69, 9.17) is 13.3 Å². The maximum absolute atomic E-state index is 9.83. The van der Waals surface area contributed by atoms with Gasteiger partial charge in [0.1, 0.15) is 0 Å². The van der Waals surface area contributed by atoms with Crippen molar-refractivity contribution >= 4 is 14.2 Å². The fourth-order valence-electron chi connectivity index (χ4n) is 0.130. The number of rotatable bonds is 2. The minimum atomic E-state index is -4.44. The van der Waals surface area contributed by atoms with Gasteiger partial charge < -0.3 is 0 Å². The van der Waals surface area contributed by atoms with Crippen molar-refractivity contribution in [3.05, 3.63) is 0 Å². The zero-order valence-electron chi connectivity index (χ0n) is 3.61. The van der Waals surface area contributed by atoms with Crippen molar-refractivity contribution in [2.75, 3.05) is 6.61 Å². The van der Waals surface area contributed by atoms with Crippen molar-refractivity contribution < 1.29 is 17.0 Å². The predicted octanol–water partition coefficient (Wildman–Crippen LogP) is -1.67. The summed E-state index contributed by atoms with van der Waals surface area (Å²) in [5, 5.41) is 7.55.